The van der Waals surface area contributed by atoms with Crippen molar-refractivity contribution in [2.75, 3.05) is 25.9 Å². The minimum Gasteiger partial charge on any atom is -0.333 e. The molecule has 0 spiro atoms. The first-order valence-electron chi connectivity index (χ1n) is 6.32. The molecule has 1 atom stereocenters. The van der Waals surface area contributed by atoms with Gasteiger partial charge in [-0.25, -0.2) is 8.42 Å². The van der Waals surface area contributed by atoms with Gasteiger partial charge in [-0.2, -0.15) is 0 Å². The summed E-state index contributed by atoms with van der Waals surface area (Å²) in [5, 5.41) is 3.47. The van der Waals surface area contributed by atoms with E-state index < -0.39 is 9.84 Å². The van der Waals surface area contributed by atoms with Crippen molar-refractivity contribution in [1.82, 2.24) is 10.2 Å². The third kappa shape index (κ3) is 3.13. The highest BCUT2D eigenvalue weighted by Crippen LogP contribution is 2.23. The highest BCUT2D eigenvalue weighted by atomic mass is 35.5. The molecule has 1 aliphatic heterocycles. The van der Waals surface area contributed by atoms with Crippen LogP contribution >= 0.6 is 11.6 Å². The Labute approximate surface area is 123 Å². The van der Waals surface area contributed by atoms with Crippen molar-refractivity contribution in [2.24, 2.45) is 0 Å². The zero-order valence-electron chi connectivity index (χ0n) is 11.4. The zero-order chi connectivity index (χ0) is 14.9. The fourth-order valence-electron chi connectivity index (χ4n) is 2.20. The topological polar surface area (TPSA) is 66.5 Å². The van der Waals surface area contributed by atoms with Gasteiger partial charge in [-0.05, 0) is 25.1 Å². The molecule has 5 nitrogen and oxygen atoms in total. The second-order valence-electron chi connectivity index (χ2n) is 4.97. The van der Waals surface area contributed by atoms with Crippen LogP contribution < -0.4 is 5.32 Å². The van der Waals surface area contributed by atoms with Crippen molar-refractivity contribution in [2.45, 2.75) is 17.9 Å². The Bertz CT molecular complexity index is 631. The number of sulfone groups is 1. The molecule has 1 saturated heterocycles. The molecule has 1 amide bonds. The predicted molar refractivity (Wildman–Crippen MR) is 77.9 cm³/mol. The van der Waals surface area contributed by atoms with Gasteiger partial charge in [0.05, 0.1) is 15.5 Å². The van der Waals surface area contributed by atoms with Crippen LogP contribution in [0.3, 0.4) is 0 Å². The van der Waals surface area contributed by atoms with E-state index in [9.17, 15) is 13.2 Å². The smallest absolute Gasteiger partial charge is 0.255 e. The molecule has 1 aliphatic rings. The van der Waals surface area contributed by atoms with Gasteiger partial charge in [-0.3, -0.25) is 4.79 Å². The normalized spacial score (nSPS) is 19.9. The van der Waals surface area contributed by atoms with Crippen LogP contribution in [0.5, 0.6) is 0 Å². The SMILES string of the molecule is CC1CNCCN1C(=O)c1cc(S(C)(=O)=O)ccc1Cl. The number of piperazine rings is 1. The number of nitrogens with one attached hydrogen (secondary N) is 1. The van der Waals surface area contributed by atoms with E-state index in [1.54, 1.807) is 4.90 Å². The van der Waals surface area contributed by atoms with E-state index in [1.165, 1.54) is 18.2 Å². The first kappa shape index (κ1) is 15.3. The van der Waals surface area contributed by atoms with Crippen LogP contribution in [0.25, 0.3) is 0 Å². The van der Waals surface area contributed by atoms with E-state index in [1.807, 2.05) is 6.92 Å². The van der Waals surface area contributed by atoms with Crippen LogP contribution in [0.2, 0.25) is 5.02 Å². The molecule has 110 valence electrons. The van der Waals surface area contributed by atoms with E-state index in [-0.39, 0.29) is 27.4 Å². The molecule has 0 aliphatic carbocycles. The molecule has 0 aromatic heterocycles. The molecule has 0 radical (unpaired) electrons. The lowest BCUT2D eigenvalue weighted by atomic mass is 10.1. The summed E-state index contributed by atoms with van der Waals surface area (Å²) in [6.07, 6.45) is 1.11. The minimum absolute atomic E-state index is 0.0502. The number of halogens is 1. The average molecular weight is 317 g/mol. The first-order chi connectivity index (χ1) is 9.30. The standard InChI is InChI=1S/C13H17ClN2O3S/c1-9-8-15-5-6-16(9)13(17)11-7-10(20(2,18)19)3-4-12(11)14/h3-4,7,9,15H,5-6,8H2,1-2H3. The van der Waals surface area contributed by atoms with E-state index >= 15 is 0 Å². The largest absolute Gasteiger partial charge is 0.333 e. The van der Waals surface area contributed by atoms with Gasteiger partial charge >= 0.3 is 0 Å². The summed E-state index contributed by atoms with van der Waals surface area (Å²) in [4.78, 5) is 14.3. The van der Waals surface area contributed by atoms with Crippen molar-refractivity contribution in [3.63, 3.8) is 0 Å². The third-order valence-electron chi connectivity index (χ3n) is 3.36. The van der Waals surface area contributed by atoms with Crippen LogP contribution in [0, 0.1) is 0 Å². The number of rotatable bonds is 2. The molecule has 20 heavy (non-hydrogen) atoms. The first-order valence-corrected chi connectivity index (χ1v) is 8.59. The second-order valence-corrected chi connectivity index (χ2v) is 7.39. The third-order valence-corrected chi connectivity index (χ3v) is 4.80. The Hall–Kier alpha value is -1.11. The number of carbonyl (C=O) groups is 1. The van der Waals surface area contributed by atoms with E-state index in [4.69, 9.17) is 11.6 Å². The van der Waals surface area contributed by atoms with Crippen LogP contribution in [0.15, 0.2) is 23.1 Å². The van der Waals surface area contributed by atoms with Gasteiger partial charge in [-0.1, -0.05) is 11.6 Å². The summed E-state index contributed by atoms with van der Waals surface area (Å²) in [7, 11) is -3.36. The number of hydrogen-bond donors (Lipinski definition) is 1. The lowest BCUT2D eigenvalue weighted by Gasteiger charge is -2.34. The van der Waals surface area contributed by atoms with Crippen LogP contribution in [-0.2, 0) is 9.84 Å². The van der Waals surface area contributed by atoms with Crippen molar-refractivity contribution >= 4 is 27.3 Å². The summed E-state index contributed by atoms with van der Waals surface area (Å²) in [6.45, 7) is 3.96. The molecule has 0 saturated carbocycles. The van der Waals surface area contributed by atoms with Crippen molar-refractivity contribution in [1.29, 1.82) is 0 Å². The monoisotopic (exact) mass is 316 g/mol. The maximum atomic E-state index is 12.5. The van der Waals surface area contributed by atoms with E-state index in [0.717, 1.165) is 19.3 Å². The van der Waals surface area contributed by atoms with Gasteiger partial charge in [-0.15, -0.1) is 0 Å². The predicted octanol–water partition coefficient (Wildman–Crippen LogP) is 1.18. The molecule has 2 rings (SSSR count). The van der Waals surface area contributed by atoms with Gasteiger partial charge in [0.1, 0.15) is 0 Å². The molecule has 1 aromatic carbocycles. The molecule has 1 N–H and O–H groups in total. The fourth-order valence-corrected chi connectivity index (χ4v) is 3.04. The molecule has 1 aromatic rings. The van der Waals surface area contributed by atoms with Gasteiger partial charge < -0.3 is 10.2 Å². The number of nitrogens with zero attached hydrogens (tertiary/aromatic N) is 1. The van der Waals surface area contributed by atoms with Crippen molar-refractivity contribution in [3.8, 4) is 0 Å². The Morgan fingerprint density at radius 1 is 1.45 bits per heavy atom. The molecule has 0 bridgehead atoms. The number of hydrogen-bond acceptors (Lipinski definition) is 4. The van der Waals surface area contributed by atoms with Crippen LogP contribution in [-0.4, -0.2) is 51.2 Å². The van der Waals surface area contributed by atoms with Crippen molar-refractivity contribution in [3.05, 3.63) is 28.8 Å². The Morgan fingerprint density at radius 2 is 2.15 bits per heavy atom. The molecule has 1 unspecified atom stereocenters. The van der Waals surface area contributed by atoms with Gasteiger partial charge in [0.25, 0.3) is 5.91 Å². The molecule has 7 heteroatoms. The number of carbonyl (C=O) groups excluding carboxylic acids is 1. The molecular weight excluding hydrogens is 300 g/mol. The highest BCUT2D eigenvalue weighted by Gasteiger charge is 2.26. The Balaban J connectivity index is 2.38. The fraction of sp³-hybridized carbons (Fsp3) is 0.462. The Kier molecular flexibility index (Phi) is 4.36. The Morgan fingerprint density at radius 3 is 2.75 bits per heavy atom. The number of amides is 1. The second kappa shape index (κ2) is 5.71. The lowest BCUT2D eigenvalue weighted by Crippen LogP contribution is -2.52. The summed E-state index contributed by atoms with van der Waals surface area (Å²) < 4.78 is 23.2. The van der Waals surface area contributed by atoms with Gasteiger partial charge in [0.15, 0.2) is 9.84 Å². The maximum Gasteiger partial charge on any atom is 0.255 e. The molecule has 1 heterocycles. The summed E-state index contributed by atoms with van der Waals surface area (Å²) in [5.74, 6) is -0.227. The summed E-state index contributed by atoms with van der Waals surface area (Å²) in [5.41, 5.74) is 0.239. The number of benzene rings is 1. The van der Waals surface area contributed by atoms with Crippen LogP contribution in [0.1, 0.15) is 17.3 Å². The molecular formula is C13H17ClN2O3S. The summed E-state index contributed by atoms with van der Waals surface area (Å²) in [6, 6.07) is 4.27. The van der Waals surface area contributed by atoms with Crippen molar-refractivity contribution < 1.29 is 13.2 Å². The highest BCUT2D eigenvalue weighted by molar-refractivity contribution is 7.90. The zero-order valence-corrected chi connectivity index (χ0v) is 13.0. The van der Waals surface area contributed by atoms with Gasteiger partial charge in [0.2, 0.25) is 0 Å². The average Bonchev–Trinajstić information content (AvgIpc) is 2.37. The maximum absolute atomic E-state index is 12.5. The quantitative estimate of drug-likeness (QED) is 0.889. The summed E-state index contributed by atoms with van der Waals surface area (Å²) >= 11 is 6.05. The van der Waals surface area contributed by atoms with Crippen LogP contribution in [0.4, 0.5) is 0 Å². The van der Waals surface area contributed by atoms with Gasteiger partial charge in [0, 0.05) is 31.9 Å². The van der Waals surface area contributed by atoms with E-state index in [0.29, 0.717) is 6.54 Å². The molecule has 1 fully saturated rings. The lowest BCUT2D eigenvalue weighted by molar-refractivity contribution is 0.0655. The minimum atomic E-state index is -3.36. The van der Waals surface area contributed by atoms with E-state index in [2.05, 4.69) is 5.32 Å².